The summed E-state index contributed by atoms with van der Waals surface area (Å²) >= 11 is 5.82. The number of nitrogens with one attached hydrogen (secondary N) is 1. The second kappa shape index (κ2) is 4.86. The third kappa shape index (κ3) is 2.25. The molecular weight excluding hydrogens is 288 g/mol. The standard InChI is InChI=1S/C15H11ClN4O/c16-11-2-4-13(18-8-11)14-19-15(21-20-14)10-1-3-12-9(7-10)5-6-17-12/h1-4,7-8,17H,5-6H2. The van der Waals surface area contributed by atoms with Crippen LogP contribution in [0.3, 0.4) is 0 Å². The maximum Gasteiger partial charge on any atom is 0.258 e. The summed E-state index contributed by atoms with van der Waals surface area (Å²) < 4.78 is 5.34. The molecule has 0 atom stereocenters. The Hall–Kier alpha value is -2.40. The average Bonchev–Trinajstić information content (AvgIpc) is 3.16. The van der Waals surface area contributed by atoms with Crippen LogP contribution < -0.4 is 5.32 Å². The molecule has 1 aliphatic rings. The van der Waals surface area contributed by atoms with E-state index in [4.69, 9.17) is 16.1 Å². The van der Waals surface area contributed by atoms with Gasteiger partial charge < -0.3 is 9.84 Å². The number of hydrogen-bond donors (Lipinski definition) is 1. The molecule has 21 heavy (non-hydrogen) atoms. The van der Waals surface area contributed by atoms with Crippen molar-refractivity contribution in [2.75, 3.05) is 11.9 Å². The monoisotopic (exact) mass is 298 g/mol. The van der Waals surface area contributed by atoms with Gasteiger partial charge in [0.05, 0.1) is 5.02 Å². The van der Waals surface area contributed by atoms with E-state index in [1.54, 1.807) is 18.3 Å². The summed E-state index contributed by atoms with van der Waals surface area (Å²) in [5.41, 5.74) is 4.01. The predicted molar refractivity (Wildman–Crippen MR) is 80.2 cm³/mol. The first-order valence-electron chi connectivity index (χ1n) is 6.62. The van der Waals surface area contributed by atoms with E-state index in [1.807, 2.05) is 12.1 Å². The minimum atomic E-state index is 0.459. The molecule has 0 saturated carbocycles. The zero-order chi connectivity index (χ0) is 14.2. The Morgan fingerprint density at radius 3 is 3.00 bits per heavy atom. The number of fused-ring (bicyclic) bond motifs is 1. The molecule has 1 aliphatic heterocycles. The molecule has 0 saturated heterocycles. The molecule has 5 nitrogen and oxygen atoms in total. The number of hydrogen-bond acceptors (Lipinski definition) is 5. The third-order valence-corrected chi connectivity index (χ3v) is 3.67. The van der Waals surface area contributed by atoms with E-state index in [-0.39, 0.29) is 0 Å². The second-order valence-electron chi connectivity index (χ2n) is 4.83. The quantitative estimate of drug-likeness (QED) is 0.785. The Kier molecular flexibility index (Phi) is 2.86. The summed E-state index contributed by atoms with van der Waals surface area (Å²) in [5.74, 6) is 0.955. The van der Waals surface area contributed by atoms with Crippen LogP contribution in [-0.2, 0) is 6.42 Å². The lowest BCUT2D eigenvalue weighted by atomic mass is 10.1. The fourth-order valence-corrected chi connectivity index (χ4v) is 2.50. The Bertz CT molecular complexity index is 798. The van der Waals surface area contributed by atoms with Crippen molar-refractivity contribution in [2.24, 2.45) is 0 Å². The molecular formula is C15H11ClN4O. The van der Waals surface area contributed by atoms with E-state index in [0.29, 0.717) is 22.4 Å². The van der Waals surface area contributed by atoms with Gasteiger partial charge in [0.25, 0.3) is 5.89 Å². The molecule has 6 heteroatoms. The largest absolute Gasteiger partial charge is 0.384 e. The highest BCUT2D eigenvalue weighted by Crippen LogP contribution is 2.28. The summed E-state index contributed by atoms with van der Waals surface area (Å²) in [4.78, 5) is 8.59. The van der Waals surface area contributed by atoms with Crippen molar-refractivity contribution in [1.82, 2.24) is 15.1 Å². The fraction of sp³-hybridized carbons (Fsp3) is 0.133. The molecule has 3 heterocycles. The molecule has 1 N–H and O–H groups in total. The van der Waals surface area contributed by atoms with Gasteiger partial charge in [0.2, 0.25) is 5.82 Å². The van der Waals surface area contributed by atoms with Crippen molar-refractivity contribution in [2.45, 2.75) is 6.42 Å². The highest BCUT2D eigenvalue weighted by Gasteiger charge is 2.15. The van der Waals surface area contributed by atoms with E-state index in [0.717, 1.165) is 18.5 Å². The van der Waals surface area contributed by atoms with Gasteiger partial charge >= 0.3 is 0 Å². The summed E-state index contributed by atoms with van der Waals surface area (Å²) in [6.45, 7) is 0.975. The van der Waals surface area contributed by atoms with Gasteiger partial charge in [0, 0.05) is 24.0 Å². The van der Waals surface area contributed by atoms with Crippen LogP contribution in [0.2, 0.25) is 5.02 Å². The smallest absolute Gasteiger partial charge is 0.258 e. The second-order valence-corrected chi connectivity index (χ2v) is 5.27. The molecule has 1 aromatic carbocycles. The SMILES string of the molecule is Clc1ccc(-c2noc(-c3ccc4c(c3)CCN4)n2)nc1. The summed E-state index contributed by atoms with van der Waals surface area (Å²) in [6, 6.07) is 9.62. The maximum absolute atomic E-state index is 5.82. The van der Waals surface area contributed by atoms with Crippen LogP contribution in [0.1, 0.15) is 5.56 Å². The zero-order valence-corrected chi connectivity index (χ0v) is 11.8. The van der Waals surface area contributed by atoms with Gasteiger partial charge in [0.15, 0.2) is 0 Å². The number of aromatic nitrogens is 3. The van der Waals surface area contributed by atoms with E-state index >= 15 is 0 Å². The Labute approximate surface area is 126 Å². The van der Waals surface area contributed by atoms with Gasteiger partial charge in [-0.1, -0.05) is 16.8 Å². The molecule has 0 spiro atoms. The van der Waals surface area contributed by atoms with Crippen LogP contribution in [0.5, 0.6) is 0 Å². The van der Waals surface area contributed by atoms with Crippen LogP contribution >= 0.6 is 11.6 Å². The van der Waals surface area contributed by atoms with Gasteiger partial charge in [-0.25, -0.2) is 0 Å². The molecule has 4 rings (SSSR count). The van der Waals surface area contributed by atoms with E-state index < -0.39 is 0 Å². The van der Waals surface area contributed by atoms with Crippen molar-refractivity contribution in [3.63, 3.8) is 0 Å². The number of rotatable bonds is 2. The molecule has 0 unspecified atom stereocenters. The Balaban J connectivity index is 1.69. The van der Waals surface area contributed by atoms with Crippen LogP contribution in [0.4, 0.5) is 5.69 Å². The van der Waals surface area contributed by atoms with E-state index in [9.17, 15) is 0 Å². The van der Waals surface area contributed by atoms with Gasteiger partial charge in [-0.05, 0) is 42.3 Å². The van der Waals surface area contributed by atoms with Crippen LogP contribution in [-0.4, -0.2) is 21.7 Å². The Morgan fingerprint density at radius 2 is 2.14 bits per heavy atom. The molecule has 0 fully saturated rings. The highest BCUT2D eigenvalue weighted by atomic mass is 35.5. The summed E-state index contributed by atoms with van der Waals surface area (Å²) in [7, 11) is 0. The van der Waals surface area contributed by atoms with Crippen molar-refractivity contribution < 1.29 is 4.52 Å². The summed E-state index contributed by atoms with van der Waals surface area (Å²) in [5, 5.41) is 7.88. The number of halogens is 1. The lowest BCUT2D eigenvalue weighted by molar-refractivity contribution is 0.432. The molecule has 0 bridgehead atoms. The number of benzene rings is 1. The van der Waals surface area contributed by atoms with E-state index in [2.05, 4.69) is 26.5 Å². The van der Waals surface area contributed by atoms with Crippen LogP contribution in [0, 0.1) is 0 Å². The predicted octanol–water partition coefficient (Wildman–Crippen LogP) is 3.42. The first kappa shape index (κ1) is 12.3. The van der Waals surface area contributed by atoms with Crippen LogP contribution in [0.25, 0.3) is 23.0 Å². The number of anilines is 1. The van der Waals surface area contributed by atoms with Gasteiger partial charge in [-0.15, -0.1) is 0 Å². The molecule has 2 aromatic heterocycles. The zero-order valence-electron chi connectivity index (χ0n) is 11.0. The van der Waals surface area contributed by atoms with Gasteiger partial charge in [-0.3, -0.25) is 4.98 Å². The lowest BCUT2D eigenvalue weighted by Crippen LogP contribution is -1.90. The summed E-state index contributed by atoms with van der Waals surface area (Å²) in [6.07, 6.45) is 2.58. The van der Waals surface area contributed by atoms with Crippen molar-refractivity contribution >= 4 is 17.3 Å². The molecule has 104 valence electrons. The fourth-order valence-electron chi connectivity index (χ4n) is 2.39. The molecule has 0 radical (unpaired) electrons. The van der Waals surface area contributed by atoms with Crippen molar-refractivity contribution in [1.29, 1.82) is 0 Å². The molecule has 0 aliphatic carbocycles. The van der Waals surface area contributed by atoms with Crippen molar-refractivity contribution in [3.05, 3.63) is 47.1 Å². The minimum absolute atomic E-state index is 0.459. The van der Waals surface area contributed by atoms with Crippen molar-refractivity contribution in [3.8, 4) is 23.0 Å². The topological polar surface area (TPSA) is 63.8 Å². The maximum atomic E-state index is 5.82. The molecule has 3 aromatic rings. The first-order valence-corrected chi connectivity index (χ1v) is 7.00. The average molecular weight is 299 g/mol. The lowest BCUT2D eigenvalue weighted by Gasteiger charge is -2.00. The Morgan fingerprint density at radius 1 is 1.19 bits per heavy atom. The first-order chi connectivity index (χ1) is 10.3. The normalized spacial score (nSPS) is 13.0. The third-order valence-electron chi connectivity index (χ3n) is 3.44. The minimum Gasteiger partial charge on any atom is -0.384 e. The number of pyridine rings is 1. The highest BCUT2D eigenvalue weighted by molar-refractivity contribution is 6.30. The van der Waals surface area contributed by atoms with E-state index in [1.165, 1.54) is 11.3 Å². The number of nitrogens with zero attached hydrogens (tertiary/aromatic N) is 3. The molecule has 0 amide bonds. The van der Waals surface area contributed by atoms with Gasteiger partial charge in [-0.2, -0.15) is 4.98 Å². The van der Waals surface area contributed by atoms with Crippen LogP contribution in [0.15, 0.2) is 41.1 Å². The van der Waals surface area contributed by atoms with Gasteiger partial charge in [0.1, 0.15) is 5.69 Å².